The van der Waals surface area contributed by atoms with Gasteiger partial charge in [-0.25, -0.2) is 4.98 Å². The van der Waals surface area contributed by atoms with Gasteiger partial charge >= 0.3 is 0 Å². The first-order valence-electron chi connectivity index (χ1n) is 4.59. The van der Waals surface area contributed by atoms with Crippen molar-refractivity contribution in [1.29, 1.82) is 0 Å². The number of aromatic nitrogens is 2. The quantitative estimate of drug-likeness (QED) is 0.559. The Bertz CT molecular complexity index is 303. The number of imidazole rings is 1. The molecule has 1 amide bonds. The Labute approximate surface area is 83.6 Å². The van der Waals surface area contributed by atoms with Crippen LogP contribution in [0.2, 0.25) is 0 Å². The summed E-state index contributed by atoms with van der Waals surface area (Å²) in [7, 11) is 0. The van der Waals surface area contributed by atoms with E-state index < -0.39 is 0 Å². The second kappa shape index (κ2) is 5.21. The van der Waals surface area contributed by atoms with E-state index in [1.807, 2.05) is 10.8 Å². The number of nitrogens with one attached hydrogen (secondary N) is 1. The van der Waals surface area contributed by atoms with Gasteiger partial charge in [-0.1, -0.05) is 6.58 Å². The summed E-state index contributed by atoms with van der Waals surface area (Å²) in [6.07, 6.45) is 6.31. The third-order valence-electron chi connectivity index (χ3n) is 1.83. The number of hydrogen-bond donors (Lipinski definition) is 1. The second-order valence-corrected chi connectivity index (χ2v) is 3.19. The zero-order valence-electron chi connectivity index (χ0n) is 8.36. The number of nitrogens with zero attached hydrogens (tertiary/aromatic N) is 2. The van der Waals surface area contributed by atoms with Gasteiger partial charge in [0.15, 0.2) is 0 Å². The van der Waals surface area contributed by atoms with Gasteiger partial charge < -0.3 is 9.88 Å². The monoisotopic (exact) mass is 193 g/mol. The highest BCUT2D eigenvalue weighted by molar-refractivity contribution is 5.91. The summed E-state index contributed by atoms with van der Waals surface area (Å²) in [5, 5.41) is 2.77. The molecule has 0 aromatic carbocycles. The van der Waals surface area contributed by atoms with Crippen molar-refractivity contribution in [1.82, 2.24) is 14.9 Å². The van der Waals surface area contributed by atoms with E-state index in [2.05, 4.69) is 16.9 Å². The summed E-state index contributed by atoms with van der Waals surface area (Å²) in [6, 6.07) is 0. The van der Waals surface area contributed by atoms with Crippen molar-refractivity contribution in [3.05, 3.63) is 30.9 Å². The van der Waals surface area contributed by atoms with Crippen molar-refractivity contribution in [2.75, 3.05) is 6.54 Å². The maximum Gasteiger partial charge on any atom is 0.246 e. The summed E-state index contributed by atoms with van der Waals surface area (Å²) in [4.78, 5) is 15.0. The van der Waals surface area contributed by atoms with Crippen LogP contribution in [0.15, 0.2) is 30.9 Å². The van der Waals surface area contributed by atoms with Crippen LogP contribution < -0.4 is 5.32 Å². The van der Waals surface area contributed by atoms with Gasteiger partial charge in [0.2, 0.25) is 5.91 Å². The van der Waals surface area contributed by atoms with Crippen molar-refractivity contribution >= 4 is 5.91 Å². The van der Waals surface area contributed by atoms with Crippen LogP contribution in [0.3, 0.4) is 0 Å². The van der Waals surface area contributed by atoms with E-state index in [1.54, 1.807) is 19.4 Å². The molecule has 0 spiro atoms. The highest BCUT2D eigenvalue weighted by atomic mass is 16.1. The van der Waals surface area contributed by atoms with Gasteiger partial charge in [0.05, 0.1) is 6.33 Å². The van der Waals surface area contributed by atoms with Crippen LogP contribution in [-0.2, 0) is 11.3 Å². The molecule has 0 atom stereocenters. The molecule has 1 N–H and O–H groups in total. The summed E-state index contributed by atoms with van der Waals surface area (Å²) >= 11 is 0. The van der Waals surface area contributed by atoms with Crippen molar-refractivity contribution in [3.8, 4) is 0 Å². The average molecular weight is 193 g/mol. The molecule has 0 aliphatic heterocycles. The zero-order chi connectivity index (χ0) is 10.4. The third-order valence-corrected chi connectivity index (χ3v) is 1.83. The van der Waals surface area contributed by atoms with Crippen molar-refractivity contribution in [2.24, 2.45) is 0 Å². The minimum atomic E-state index is -0.0735. The Hall–Kier alpha value is -1.58. The second-order valence-electron chi connectivity index (χ2n) is 3.19. The van der Waals surface area contributed by atoms with Crippen LogP contribution in [0.25, 0.3) is 0 Å². The number of hydrogen-bond acceptors (Lipinski definition) is 2. The topological polar surface area (TPSA) is 46.9 Å². The van der Waals surface area contributed by atoms with Crippen LogP contribution in [0.4, 0.5) is 0 Å². The molecule has 4 nitrogen and oxygen atoms in total. The average Bonchev–Trinajstić information content (AvgIpc) is 2.64. The molecule has 1 heterocycles. The summed E-state index contributed by atoms with van der Waals surface area (Å²) < 4.78 is 1.98. The number of carbonyl (C=O) groups excluding carboxylic acids is 1. The molecule has 76 valence electrons. The number of amides is 1. The van der Waals surface area contributed by atoms with Crippen LogP contribution >= 0.6 is 0 Å². The molecule has 0 radical (unpaired) electrons. The van der Waals surface area contributed by atoms with Gasteiger partial charge in [0.25, 0.3) is 0 Å². The fourth-order valence-corrected chi connectivity index (χ4v) is 1.03. The molecule has 14 heavy (non-hydrogen) atoms. The van der Waals surface area contributed by atoms with Crippen molar-refractivity contribution in [2.45, 2.75) is 19.9 Å². The molecule has 0 aliphatic carbocycles. The predicted molar refractivity (Wildman–Crippen MR) is 54.7 cm³/mol. The smallest absolute Gasteiger partial charge is 0.246 e. The summed E-state index contributed by atoms with van der Waals surface area (Å²) in [6.45, 7) is 6.80. The van der Waals surface area contributed by atoms with Gasteiger partial charge in [-0.3, -0.25) is 4.79 Å². The van der Waals surface area contributed by atoms with Gasteiger partial charge in [-0.2, -0.15) is 0 Å². The number of carbonyl (C=O) groups is 1. The Morgan fingerprint density at radius 3 is 3.00 bits per heavy atom. The van der Waals surface area contributed by atoms with Crippen LogP contribution in [0.1, 0.15) is 13.3 Å². The van der Waals surface area contributed by atoms with Gasteiger partial charge in [0.1, 0.15) is 0 Å². The highest BCUT2D eigenvalue weighted by Gasteiger charge is 1.99. The molecule has 4 heteroatoms. The molecule has 0 saturated heterocycles. The largest absolute Gasteiger partial charge is 0.352 e. The molecular formula is C10H15N3O. The van der Waals surface area contributed by atoms with E-state index in [-0.39, 0.29) is 5.91 Å². The lowest BCUT2D eigenvalue weighted by Crippen LogP contribution is -2.25. The summed E-state index contributed by atoms with van der Waals surface area (Å²) in [5.41, 5.74) is 0.549. The zero-order valence-corrected chi connectivity index (χ0v) is 8.36. The lowest BCUT2D eigenvalue weighted by atomic mass is 10.3. The number of rotatable bonds is 5. The lowest BCUT2D eigenvalue weighted by molar-refractivity contribution is -0.117. The Morgan fingerprint density at radius 2 is 2.43 bits per heavy atom. The van der Waals surface area contributed by atoms with Crippen molar-refractivity contribution < 1.29 is 4.79 Å². The Kier molecular flexibility index (Phi) is 3.91. The minimum absolute atomic E-state index is 0.0735. The lowest BCUT2D eigenvalue weighted by Gasteiger charge is -2.04. The SMILES string of the molecule is C=C(C)C(=O)NCCCn1ccnc1. The molecular weight excluding hydrogens is 178 g/mol. The fourth-order valence-electron chi connectivity index (χ4n) is 1.03. The van der Waals surface area contributed by atoms with Crippen LogP contribution in [-0.4, -0.2) is 22.0 Å². The van der Waals surface area contributed by atoms with E-state index in [0.717, 1.165) is 13.0 Å². The Balaban J connectivity index is 2.11. The van der Waals surface area contributed by atoms with Gasteiger partial charge in [-0.15, -0.1) is 0 Å². The first-order chi connectivity index (χ1) is 6.70. The first-order valence-corrected chi connectivity index (χ1v) is 4.59. The van der Waals surface area contributed by atoms with Crippen LogP contribution in [0.5, 0.6) is 0 Å². The van der Waals surface area contributed by atoms with E-state index in [1.165, 1.54) is 0 Å². The van der Waals surface area contributed by atoms with E-state index in [9.17, 15) is 4.79 Å². The molecule has 0 aliphatic rings. The van der Waals surface area contributed by atoms with E-state index in [4.69, 9.17) is 0 Å². The first kappa shape index (κ1) is 10.5. The molecule has 0 unspecified atom stereocenters. The highest BCUT2D eigenvalue weighted by Crippen LogP contribution is 1.90. The summed E-state index contributed by atoms with van der Waals surface area (Å²) in [5.74, 6) is -0.0735. The van der Waals surface area contributed by atoms with Crippen LogP contribution in [0, 0.1) is 0 Å². The molecule has 1 rings (SSSR count). The maximum atomic E-state index is 11.1. The third kappa shape index (κ3) is 3.43. The molecule has 0 fully saturated rings. The van der Waals surface area contributed by atoms with Gasteiger partial charge in [-0.05, 0) is 13.3 Å². The molecule has 1 aromatic heterocycles. The molecule has 0 saturated carbocycles. The van der Waals surface area contributed by atoms with E-state index >= 15 is 0 Å². The fraction of sp³-hybridized carbons (Fsp3) is 0.400. The minimum Gasteiger partial charge on any atom is -0.352 e. The standard InChI is InChI=1S/C10H15N3O/c1-9(2)10(14)12-4-3-6-13-7-5-11-8-13/h5,7-8H,1,3-4,6H2,2H3,(H,12,14). The predicted octanol–water partition coefficient (Wildman–Crippen LogP) is 0.966. The number of aryl methyl sites for hydroxylation is 1. The Morgan fingerprint density at radius 1 is 1.64 bits per heavy atom. The normalized spacial score (nSPS) is 9.79. The molecule has 1 aromatic rings. The molecule has 0 bridgehead atoms. The van der Waals surface area contributed by atoms with E-state index in [0.29, 0.717) is 12.1 Å². The van der Waals surface area contributed by atoms with Crippen molar-refractivity contribution in [3.63, 3.8) is 0 Å². The van der Waals surface area contributed by atoms with Gasteiger partial charge in [0, 0.05) is 31.1 Å². The maximum absolute atomic E-state index is 11.1.